The molecule has 0 fully saturated rings. The van der Waals surface area contributed by atoms with Crippen LogP contribution < -0.4 is 10.6 Å². The first-order chi connectivity index (χ1) is 8.17. The van der Waals surface area contributed by atoms with E-state index in [1.807, 2.05) is 19.2 Å². The van der Waals surface area contributed by atoms with Gasteiger partial charge in [-0.25, -0.2) is 0 Å². The Bertz CT molecular complexity index is 506. The van der Waals surface area contributed by atoms with Crippen LogP contribution in [0.25, 0.3) is 0 Å². The first-order valence-corrected chi connectivity index (χ1v) is 6.14. The second-order valence-electron chi connectivity index (χ2n) is 3.85. The largest absolute Gasteiger partial charge is 0.387 e. The summed E-state index contributed by atoms with van der Waals surface area (Å²) in [5.74, 6) is 0. The van der Waals surface area contributed by atoms with Gasteiger partial charge in [-0.05, 0) is 36.8 Å². The molecule has 2 aromatic rings. The van der Waals surface area contributed by atoms with Gasteiger partial charge in [0.1, 0.15) is 0 Å². The van der Waals surface area contributed by atoms with Crippen molar-refractivity contribution in [2.45, 2.75) is 6.92 Å². The van der Waals surface area contributed by atoms with Gasteiger partial charge in [0.2, 0.25) is 0 Å². The molecule has 0 atom stereocenters. The molecule has 0 amide bonds. The molecular formula is C13H14BrN3. The van der Waals surface area contributed by atoms with Crippen LogP contribution in [0.4, 0.5) is 17.1 Å². The standard InChI is InChI=1S/C13H14BrN3/c1-9-3-10(14)5-11(4-9)17-13-6-12(15-2)7-16-8-13/h3-8,15,17H,1-2H3. The predicted molar refractivity (Wildman–Crippen MR) is 75.9 cm³/mol. The lowest BCUT2D eigenvalue weighted by atomic mass is 10.2. The van der Waals surface area contributed by atoms with Crippen molar-refractivity contribution in [3.05, 3.63) is 46.7 Å². The number of pyridine rings is 1. The molecule has 0 unspecified atom stereocenters. The molecule has 2 N–H and O–H groups in total. The molecule has 4 heteroatoms. The van der Waals surface area contributed by atoms with Crippen molar-refractivity contribution in [2.75, 3.05) is 17.7 Å². The number of aryl methyl sites for hydroxylation is 1. The van der Waals surface area contributed by atoms with E-state index in [0.29, 0.717) is 0 Å². The van der Waals surface area contributed by atoms with Gasteiger partial charge in [-0.2, -0.15) is 0 Å². The minimum Gasteiger partial charge on any atom is -0.387 e. The van der Waals surface area contributed by atoms with Crippen molar-refractivity contribution in [3.8, 4) is 0 Å². The van der Waals surface area contributed by atoms with E-state index in [1.54, 1.807) is 12.4 Å². The average Bonchev–Trinajstić information content (AvgIpc) is 2.28. The molecule has 0 saturated carbocycles. The number of aromatic nitrogens is 1. The van der Waals surface area contributed by atoms with E-state index in [-0.39, 0.29) is 0 Å². The highest BCUT2D eigenvalue weighted by molar-refractivity contribution is 9.10. The summed E-state index contributed by atoms with van der Waals surface area (Å²) in [4.78, 5) is 4.16. The average molecular weight is 292 g/mol. The predicted octanol–water partition coefficient (Wildman–Crippen LogP) is 3.94. The van der Waals surface area contributed by atoms with Crippen LogP contribution in [0.1, 0.15) is 5.56 Å². The molecular weight excluding hydrogens is 278 g/mol. The lowest BCUT2D eigenvalue weighted by Crippen LogP contribution is -1.94. The molecule has 1 aromatic carbocycles. The Morgan fingerprint density at radius 3 is 2.47 bits per heavy atom. The topological polar surface area (TPSA) is 37.0 Å². The molecule has 0 radical (unpaired) electrons. The Labute approximate surface area is 109 Å². The number of anilines is 3. The van der Waals surface area contributed by atoms with Crippen molar-refractivity contribution in [2.24, 2.45) is 0 Å². The van der Waals surface area contributed by atoms with Crippen LogP contribution in [0, 0.1) is 6.92 Å². The molecule has 0 aliphatic heterocycles. The molecule has 3 nitrogen and oxygen atoms in total. The van der Waals surface area contributed by atoms with Crippen LogP contribution in [-0.4, -0.2) is 12.0 Å². The highest BCUT2D eigenvalue weighted by Crippen LogP contribution is 2.23. The Kier molecular flexibility index (Phi) is 3.64. The SMILES string of the molecule is CNc1cncc(Nc2cc(C)cc(Br)c2)c1. The highest BCUT2D eigenvalue weighted by atomic mass is 79.9. The number of halogens is 1. The number of nitrogens with zero attached hydrogens (tertiary/aromatic N) is 1. The molecule has 0 aliphatic carbocycles. The third kappa shape index (κ3) is 3.20. The number of hydrogen-bond donors (Lipinski definition) is 2. The van der Waals surface area contributed by atoms with E-state index in [9.17, 15) is 0 Å². The molecule has 88 valence electrons. The van der Waals surface area contributed by atoms with Crippen LogP contribution in [0.15, 0.2) is 41.1 Å². The summed E-state index contributed by atoms with van der Waals surface area (Å²) >= 11 is 3.49. The van der Waals surface area contributed by atoms with E-state index >= 15 is 0 Å². The van der Waals surface area contributed by atoms with Gasteiger partial charge < -0.3 is 10.6 Å². The maximum atomic E-state index is 4.16. The third-order valence-electron chi connectivity index (χ3n) is 2.36. The molecule has 1 heterocycles. The van der Waals surface area contributed by atoms with Crippen molar-refractivity contribution in [3.63, 3.8) is 0 Å². The zero-order valence-electron chi connectivity index (χ0n) is 9.79. The van der Waals surface area contributed by atoms with Gasteiger partial charge in [0.25, 0.3) is 0 Å². The van der Waals surface area contributed by atoms with Crippen molar-refractivity contribution in [1.82, 2.24) is 4.98 Å². The van der Waals surface area contributed by atoms with E-state index in [1.165, 1.54) is 5.56 Å². The van der Waals surface area contributed by atoms with E-state index in [0.717, 1.165) is 21.5 Å². The fraction of sp³-hybridized carbons (Fsp3) is 0.154. The van der Waals surface area contributed by atoms with Gasteiger partial charge >= 0.3 is 0 Å². The van der Waals surface area contributed by atoms with E-state index in [2.05, 4.69) is 50.6 Å². The molecule has 1 aromatic heterocycles. The van der Waals surface area contributed by atoms with Crippen molar-refractivity contribution in [1.29, 1.82) is 0 Å². The van der Waals surface area contributed by atoms with Crippen LogP contribution in [-0.2, 0) is 0 Å². The van der Waals surface area contributed by atoms with Gasteiger partial charge in [-0.15, -0.1) is 0 Å². The summed E-state index contributed by atoms with van der Waals surface area (Å²) in [7, 11) is 1.88. The molecule has 0 bridgehead atoms. The summed E-state index contributed by atoms with van der Waals surface area (Å²) in [6.07, 6.45) is 3.59. The van der Waals surface area contributed by atoms with Gasteiger partial charge in [0, 0.05) is 17.2 Å². The Hall–Kier alpha value is -1.55. The molecule has 2 rings (SSSR count). The molecule has 0 spiro atoms. The molecule has 17 heavy (non-hydrogen) atoms. The quantitative estimate of drug-likeness (QED) is 0.899. The lowest BCUT2D eigenvalue weighted by Gasteiger charge is -2.09. The molecule has 0 aliphatic rings. The first-order valence-electron chi connectivity index (χ1n) is 5.34. The zero-order valence-corrected chi connectivity index (χ0v) is 11.4. The van der Waals surface area contributed by atoms with Crippen molar-refractivity contribution >= 4 is 33.0 Å². The maximum Gasteiger partial charge on any atom is 0.0591 e. The Balaban J connectivity index is 2.24. The van der Waals surface area contributed by atoms with Gasteiger partial charge in [0.15, 0.2) is 0 Å². The smallest absolute Gasteiger partial charge is 0.0591 e. The first kappa shape index (κ1) is 11.9. The second-order valence-corrected chi connectivity index (χ2v) is 4.77. The number of benzene rings is 1. The monoisotopic (exact) mass is 291 g/mol. The van der Waals surface area contributed by atoms with Crippen LogP contribution in [0.2, 0.25) is 0 Å². The summed E-state index contributed by atoms with van der Waals surface area (Å²) in [6.45, 7) is 2.07. The van der Waals surface area contributed by atoms with Crippen LogP contribution >= 0.6 is 15.9 Å². The summed E-state index contributed by atoms with van der Waals surface area (Å²) in [5, 5.41) is 6.39. The van der Waals surface area contributed by atoms with Crippen LogP contribution in [0.3, 0.4) is 0 Å². The Morgan fingerprint density at radius 2 is 1.76 bits per heavy atom. The summed E-state index contributed by atoms with van der Waals surface area (Å²) in [6, 6.07) is 8.23. The maximum absolute atomic E-state index is 4.16. The van der Waals surface area contributed by atoms with Gasteiger partial charge in [-0.3, -0.25) is 4.98 Å². The second kappa shape index (κ2) is 5.19. The van der Waals surface area contributed by atoms with E-state index in [4.69, 9.17) is 0 Å². The molecule has 0 saturated heterocycles. The Morgan fingerprint density at radius 1 is 1.00 bits per heavy atom. The van der Waals surface area contributed by atoms with E-state index < -0.39 is 0 Å². The highest BCUT2D eigenvalue weighted by Gasteiger charge is 1.99. The van der Waals surface area contributed by atoms with Gasteiger partial charge in [-0.1, -0.05) is 15.9 Å². The van der Waals surface area contributed by atoms with Gasteiger partial charge in [0.05, 0.1) is 23.8 Å². The van der Waals surface area contributed by atoms with Crippen molar-refractivity contribution < 1.29 is 0 Å². The normalized spacial score (nSPS) is 10.1. The summed E-state index contributed by atoms with van der Waals surface area (Å²) in [5.41, 5.74) is 4.21. The number of hydrogen-bond acceptors (Lipinski definition) is 3. The van der Waals surface area contributed by atoms with Crippen LogP contribution in [0.5, 0.6) is 0 Å². The number of rotatable bonds is 3. The minimum atomic E-state index is 0.967. The summed E-state index contributed by atoms with van der Waals surface area (Å²) < 4.78 is 1.07. The fourth-order valence-corrected chi connectivity index (χ4v) is 2.23. The lowest BCUT2D eigenvalue weighted by molar-refractivity contribution is 1.30. The fourth-order valence-electron chi connectivity index (χ4n) is 1.62. The number of nitrogens with one attached hydrogen (secondary N) is 2. The third-order valence-corrected chi connectivity index (χ3v) is 2.82. The minimum absolute atomic E-state index is 0.967. The zero-order chi connectivity index (χ0) is 12.3.